The summed E-state index contributed by atoms with van der Waals surface area (Å²) in [6.07, 6.45) is 7.25. The van der Waals surface area contributed by atoms with E-state index in [1.54, 1.807) is 0 Å². The molecule has 1 aliphatic rings. The Hall–Kier alpha value is -1.03. The third-order valence-corrected chi connectivity index (χ3v) is 5.70. The minimum absolute atomic E-state index is 0.168. The number of benzene rings is 1. The van der Waals surface area contributed by atoms with Gasteiger partial charge in [-0.2, -0.15) is 0 Å². The molecule has 2 nitrogen and oxygen atoms in total. The number of ether oxygens (including phenoxy) is 1. The number of hydrogen-bond donors (Lipinski definition) is 0. The van der Waals surface area contributed by atoms with Crippen LogP contribution in [-0.4, -0.2) is 42.5 Å². The smallest absolute Gasteiger partial charge is 0.0594 e. The van der Waals surface area contributed by atoms with E-state index in [0.717, 1.165) is 51.3 Å². The molecule has 1 unspecified atom stereocenters. The summed E-state index contributed by atoms with van der Waals surface area (Å²) in [4.78, 5) is 3.92. The van der Waals surface area contributed by atoms with Crippen LogP contribution in [0.25, 0.3) is 0 Å². The van der Waals surface area contributed by atoms with E-state index in [-0.39, 0.29) is 5.54 Å². The molecular formula is C20H29NOS. The number of thioether (sulfide) groups is 1. The topological polar surface area (TPSA) is 12.5 Å². The zero-order valence-corrected chi connectivity index (χ0v) is 15.1. The number of nitrogens with zero attached hydrogens (tertiary/aromatic N) is 1. The van der Waals surface area contributed by atoms with Crippen LogP contribution < -0.4 is 0 Å². The highest BCUT2D eigenvalue weighted by molar-refractivity contribution is 7.99. The van der Waals surface area contributed by atoms with E-state index in [2.05, 4.69) is 55.3 Å². The SMILES string of the molecule is C=CCSc1ccc(CC(CC)(CC=C)N2CCOCC2)cc1. The molecule has 1 atom stereocenters. The number of morpholine rings is 1. The Morgan fingerprint density at radius 2 is 1.87 bits per heavy atom. The second-order valence-electron chi connectivity index (χ2n) is 6.09. The molecule has 126 valence electrons. The second kappa shape index (κ2) is 9.31. The van der Waals surface area contributed by atoms with E-state index in [9.17, 15) is 0 Å². The molecule has 23 heavy (non-hydrogen) atoms. The molecule has 0 spiro atoms. The lowest BCUT2D eigenvalue weighted by atomic mass is 9.83. The van der Waals surface area contributed by atoms with Crippen LogP contribution in [0.1, 0.15) is 25.3 Å². The fourth-order valence-electron chi connectivity index (χ4n) is 3.35. The van der Waals surface area contributed by atoms with Crippen molar-refractivity contribution in [2.24, 2.45) is 0 Å². The average molecular weight is 332 g/mol. The van der Waals surface area contributed by atoms with Crippen LogP contribution in [0.2, 0.25) is 0 Å². The zero-order valence-electron chi connectivity index (χ0n) is 14.3. The summed E-state index contributed by atoms with van der Waals surface area (Å²) >= 11 is 1.83. The Morgan fingerprint density at radius 3 is 2.43 bits per heavy atom. The molecular weight excluding hydrogens is 302 g/mol. The second-order valence-corrected chi connectivity index (χ2v) is 7.18. The van der Waals surface area contributed by atoms with Gasteiger partial charge in [0.05, 0.1) is 13.2 Å². The number of hydrogen-bond acceptors (Lipinski definition) is 3. The molecule has 1 heterocycles. The third-order valence-electron chi connectivity index (χ3n) is 4.69. The molecule has 0 bridgehead atoms. The monoisotopic (exact) mass is 331 g/mol. The van der Waals surface area contributed by atoms with E-state index in [4.69, 9.17) is 4.74 Å². The molecule has 0 N–H and O–H groups in total. The van der Waals surface area contributed by atoms with Gasteiger partial charge in [0, 0.05) is 29.3 Å². The highest BCUT2D eigenvalue weighted by atomic mass is 32.2. The first kappa shape index (κ1) is 18.3. The zero-order chi connectivity index (χ0) is 16.5. The van der Waals surface area contributed by atoms with Gasteiger partial charge < -0.3 is 4.74 Å². The molecule has 1 fully saturated rings. The largest absolute Gasteiger partial charge is 0.379 e. The van der Waals surface area contributed by atoms with Gasteiger partial charge in [-0.3, -0.25) is 4.90 Å². The van der Waals surface area contributed by atoms with Crippen LogP contribution in [0.3, 0.4) is 0 Å². The molecule has 1 aromatic rings. The van der Waals surface area contributed by atoms with E-state index in [1.165, 1.54) is 10.5 Å². The number of rotatable bonds is 9. The van der Waals surface area contributed by atoms with Crippen molar-refractivity contribution in [1.82, 2.24) is 4.90 Å². The molecule has 0 aromatic heterocycles. The van der Waals surface area contributed by atoms with Crippen molar-refractivity contribution in [3.8, 4) is 0 Å². The summed E-state index contributed by atoms with van der Waals surface area (Å²) in [5.74, 6) is 0.961. The Balaban J connectivity index is 2.12. The quantitative estimate of drug-likeness (QED) is 0.486. The van der Waals surface area contributed by atoms with Gasteiger partial charge in [-0.15, -0.1) is 24.9 Å². The van der Waals surface area contributed by atoms with Crippen molar-refractivity contribution in [3.05, 3.63) is 55.1 Å². The fraction of sp³-hybridized carbons (Fsp3) is 0.500. The Kier molecular flexibility index (Phi) is 7.41. The molecule has 1 aliphatic heterocycles. The highest BCUT2D eigenvalue weighted by Crippen LogP contribution is 2.31. The van der Waals surface area contributed by atoms with Crippen LogP contribution in [0, 0.1) is 0 Å². The van der Waals surface area contributed by atoms with Crippen LogP contribution in [-0.2, 0) is 11.2 Å². The first-order valence-corrected chi connectivity index (χ1v) is 9.49. The van der Waals surface area contributed by atoms with Gasteiger partial charge in [0.15, 0.2) is 0 Å². The lowest BCUT2D eigenvalue weighted by molar-refractivity contribution is -0.0238. The summed E-state index contributed by atoms with van der Waals surface area (Å²) in [6.45, 7) is 13.8. The summed E-state index contributed by atoms with van der Waals surface area (Å²) < 4.78 is 5.54. The standard InChI is InChI=1S/C20H29NOS/c1-4-11-20(6-3,21-12-14-22-15-13-21)17-18-7-9-19(10-8-18)23-16-5-2/h4-5,7-10H,1-2,6,11-17H2,3H3. The fourth-order valence-corrected chi connectivity index (χ4v) is 3.99. The van der Waals surface area contributed by atoms with Gasteiger partial charge in [-0.25, -0.2) is 0 Å². The van der Waals surface area contributed by atoms with Gasteiger partial charge in [0.1, 0.15) is 0 Å². The van der Waals surface area contributed by atoms with Gasteiger partial charge in [0.2, 0.25) is 0 Å². The molecule has 0 amide bonds. The van der Waals surface area contributed by atoms with Crippen molar-refractivity contribution < 1.29 is 4.74 Å². The van der Waals surface area contributed by atoms with Gasteiger partial charge >= 0.3 is 0 Å². The molecule has 0 radical (unpaired) electrons. The Labute approximate surface area is 145 Å². The summed E-state index contributed by atoms with van der Waals surface area (Å²) in [6, 6.07) is 9.02. The average Bonchev–Trinajstić information content (AvgIpc) is 2.61. The maximum Gasteiger partial charge on any atom is 0.0594 e. The molecule has 3 heteroatoms. The van der Waals surface area contributed by atoms with Crippen LogP contribution in [0.15, 0.2) is 54.5 Å². The van der Waals surface area contributed by atoms with E-state index in [1.807, 2.05) is 17.8 Å². The summed E-state index contributed by atoms with van der Waals surface area (Å²) in [7, 11) is 0. The van der Waals surface area contributed by atoms with Crippen LogP contribution in [0.4, 0.5) is 0 Å². The van der Waals surface area contributed by atoms with Gasteiger partial charge in [0.25, 0.3) is 0 Å². The van der Waals surface area contributed by atoms with E-state index >= 15 is 0 Å². The maximum absolute atomic E-state index is 5.54. The predicted octanol–water partition coefficient (Wildman–Crippen LogP) is 4.56. The molecule has 1 aromatic carbocycles. The van der Waals surface area contributed by atoms with Crippen molar-refractivity contribution in [2.45, 2.75) is 36.6 Å². The summed E-state index contributed by atoms with van der Waals surface area (Å²) in [5.41, 5.74) is 1.57. The van der Waals surface area contributed by atoms with Crippen molar-refractivity contribution in [2.75, 3.05) is 32.1 Å². The lowest BCUT2D eigenvalue weighted by Crippen LogP contribution is -2.54. The Bertz CT molecular complexity index is 493. The predicted molar refractivity (Wildman–Crippen MR) is 101 cm³/mol. The third kappa shape index (κ3) is 4.97. The molecule has 2 rings (SSSR count). The molecule has 1 saturated heterocycles. The first-order chi connectivity index (χ1) is 11.2. The van der Waals surface area contributed by atoms with E-state index in [0.29, 0.717) is 0 Å². The molecule has 0 aliphatic carbocycles. The van der Waals surface area contributed by atoms with Crippen molar-refractivity contribution in [1.29, 1.82) is 0 Å². The maximum atomic E-state index is 5.54. The van der Waals surface area contributed by atoms with Crippen LogP contribution >= 0.6 is 11.8 Å². The van der Waals surface area contributed by atoms with Gasteiger partial charge in [-0.1, -0.05) is 31.2 Å². The van der Waals surface area contributed by atoms with Gasteiger partial charge in [-0.05, 0) is 37.0 Å². The minimum Gasteiger partial charge on any atom is -0.379 e. The highest BCUT2D eigenvalue weighted by Gasteiger charge is 2.34. The van der Waals surface area contributed by atoms with E-state index < -0.39 is 0 Å². The Morgan fingerprint density at radius 1 is 1.17 bits per heavy atom. The van der Waals surface area contributed by atoms with Crippen molar-refractivity contribution >= 4 is 11.8 Å². The summed E-state index contributed by atoms with van der Waals surface area (Å²) in [5, 5.41) is 0. The normalized spacial score (nSPS) is 18.3. The molecule has 0 saturated carbocycles. The van der Waals surface area contributed by atoms with Crippen molar-refractivity contribution in [3.63, 3.8) is 0 Å². The lowest BCUT2D eigenvalue weighted by Gasteiger charge is -2.45. The van der Waals surface area contributed by atoms with Crippen LogP contribution in [0.5, 0.6) is 0 Å². The minimum atomic E-state index is 0.168. The first-order valence-electron chi connectivity index (χ1n) is 8.50.